The lowest BCUT2D eigenvalue weighted by molar-refractivity contribution is -0.899. The topological polar surface area (TPSA) is 99.7 Å². The number of nitrogens with one attached hydrogen (secondary N) is 2. The Morgan fingerprint density at radius 1 is 1.36 bits per heavy atom. The Hall–Kier alpha value is -2.46. The Morgan fingerprint density at radius 3 is 2.68 bits per heavy atom. The summed E-state index contributed by atoms with van der Waals surface area (Å²) in [6, 6.07) is 8.40. The van der Waals surface area contributed by atoms with E-state index in [2.05, 4.69) is 31.2 Å². The Labute approximate surface area is 151 Å². The van der Waals surface area contributed by atoms with Crippen LogP contribution in [0.15, 0.2) is 28.5 Å². The van der Waals surface area contributed by atoms with Gasteiger partial charge in [0.2, 0.25) is 0 Å². The molecule has 1 fully saturated rings. The van der Waals surface area contributed by atoms with Crippen LogP contribution in [0.2, 0.25) is 0 Å². The molecule has 2 N–H and O–H groups in total. The van der Waals surface area contributed by atoms with Crippen LogP contribution in [-0.4, -0.2) is 25.3 Å². The summed E-state index contributed by atoms with van der Waals surface area (Å²) in [5, 5.41) is 41.9. The van der Waals surface area contributed by atoms with Gasteiger partial charge in [0.15, 0.2) is 5.41 Å². The highest BCUT2D eigenvalue weighted by Crippen LogP contribution is 2.52. The highest BCUT2D eigenvalue weighted by atomic mass is 32.1. The molecule has 0 amide bonds. The van der Waals surface area contributed by atoms with Gasteiger partial charge < -0.3 is 10.3 Å². The van der Waals surface area contributed by atoms with Crippen LogP contribution < -0.4 is 4.90 Å². The minimum absolute atomic E-state index is 0.0528. The van der Waals surface area contributed by atoms with Crippen molar-refractivity contribution < 1.29 is 4.90 Å². The molecule has 0 saturated heterocycles. The molecule has 4 atom stereocenters. The van der Waals surface area contributed by atoms with Crippen LogP contribution >= 0.6 is 11.3 Å². The number of hydrogen-bond acceptors (Lipinski definition) is 5. The maximum atomic E-state index is 9.91. The molecule has 0 bridgehead atoms. The Kier molecular flexibility index (Phi) is 4.73. The first-order chi connectivity index (χ1) is 12.1. The maximum Gasteiger partial charge on any atom is 0.190 e. The highest BCUT2D eigenvalue weighted by molar-refractivity contribution is 7.08. The molecule has 0 radical (unpaired) electrons. The van der Waals surface area contributed by atoms with E-state index >= 15 is 0 Å². The van der Waals surface area contributed by atoms with Crippen molar-refractivity contribution in [3.05, 3.63) is 34.0 Å². The second kappa shape index (κ2) is 6.81. The Morgan fingerprint density at radius 2 is 2.12 bits per heavy atom. The zero-order chi connectivity index (χ0) is 18.0. The summed E-state index contributed by atoms with van der Waals surface area (Å²) in [6.07, 6.45) is 3.15. The van der Waals surface area contributed by atoms with Crippen molar-refractivity contribution in [2.24, 2.45) is 17.3 Å². The molecular formula is C19H20N5S+. The third-order valence-electron chi connectivity index (χ3n) is 5.47. The molecule has 3 rings (SSSR count). The van der Waals surface area contributed by atoms with Crippen LogP contribution in [0.3, 0.4) is 0 Å². The van der Waals surface area contributed by atoms with E-state index in [0.29, 0.717) is 0 Å². The fourth-order valence-corrected chi connectivity index (χ4v) is 5.04. The molecule has 2 unspecified atom stereocenters. The molecule has 126 valence electrons. The molecule has 0 aromatic carbocycles. The van der Waals surface area contributed by atoms with Crippen LogP contribution in [0.25, 0.3) is 0 Å². The highest BCUT2D eigenvalue weighted by Gasteiger charge is 2.58. The second-order valence-electron chi connectivity index (χ2n) is 6.76. The first kappa shape index (κ1) is 17.4. The lowest BCUT2D eigenvalue weighted by atomic mass is 9.54. The maximum absolute atomic E-state index is 9.91. The zero-order valence-electron chi connectivity index (χ0n) is 14.1. The number of fused-ring (bicyclic) bond motifs is 1. The van der Waals surface area contributed by atoms with Gasteiger partial charge in [-0.2, -0.15) is 27.1 Å². The van der Waals surface area contributed by atoms with Crippen LogP contribution in [0.1, 0.15) is 24.8 Å². The van der Waals surface area contributed by atoms with Crippen molar-refractivity contribution in [3.8, 4) is 18.2 Å². The lowest BCUT2D eigenvalue weighted by Crippen LogP contribution is -3.13. The number of nitrogens with zero attached hydrogens (tertiary/aromatic N) is 3. The molecule has 6 heteroatoms. The smallest absolute Gasteiger partial charge is 0.190 e. The van der Waals surface area contributed by atoms with E-state index in [1.807, 2.05) is 16.8 Å². The predicted octanol–water partition coefficient (Wildman–Crippen LogP) is 1.89. The third-order valence-corrected chi connectivity index (χ3v) is 6.17. The quantitative estimate of drug-likeness (QED) is 0.814. The summed E-state index contributed by atoms with van der Waals surface area (Å²) in [5.74, 6) is -1.20. The van der Waals surface area contributed by atoms with Crippen molar-refractivity contribution in [2.45, 2.75) is 19.3 Å². The van der Waals surface area contributed by atoms with Gasteiger partial charge >= 0.3 is 0 Å². The van der Waals surface area contributed by atoms with Gasteiger partial charge in [-0.25, -0.2) is 0 Å². The minimum Gasteiger partial charge on any atom is -0.331 e. The van der Waals surface area contributed by atoms with Gasteiger partial charge in [0.1, 0.15) is 5.92 Å². The van der Waals surface area contributed by atoms with E-state index in [1.54, 1.807) is 0 Å². The minimum atomic E-state index is -1.57. The monoisotopic (exact) mass is 350 g/mol. The van der Waals surface area contributed by atoms with Gasteiger partial charge in [-0.15, -0.1) is 0 Å². The average molecular weight is 350 g/mol. The molecule has 1 saturated carbocycles. The van der Waals surface area contributed by atoms with Gasteiger partial charge in [-0.05, 0) is 40.5 Å². The SMILES string of the molecule is CCC[NH+]1CC=C2C(C#N)C(=N)C(C#N)(C#N)[C@@H](c3ccsc3)[C@H]2C1. The van der Waals surface area contributed by atoms with Crippen molar-refractivity contribution in [2.75, 3.05) is 19.6 Å². The zero-order valence-corrected chi connectivity index (χ0v) is 14.9. The van der Waals surface area contributed by atoms with E-state index in [9.17, 15) is 15.8 Å². The van der Waals surface area contributed by atoms with E-state index in [1.165, 1.54) is 16.2 Å². The van der Waals surface area contributed by atoms with Gasteiger partial charge in [0, 0.05) is 11.8 Å². The van der Waals surface area contributed by atoms with Crippen LogP contribution in [0.4, 0.5) is 0 Å². The Bertz CT molecular complexity index is 803. The van der Waals surface area contributed by atoms with Crippen molar-refractivity contribution in [1.82, 2.24) is 0 Å². The summed E-state index contributed by atoms with van der Waals surface area (Å²) in [7, 11) is 0. The van der Waals surface area contributed by atoms with E-state index < -0.39 is 11.3 Å². The first-order valence-corrected chi connectivity index (χ1v) is 9.43. The van der Waals surface area contributed by atoms with Gasteiger partial charge in [-0.3, -0.25) is 0 Å². The fraction of sp³-hybridized carbons (Fsp3) is 0.474. The molecule has 2 aliphatic rings. The van der Waals surface area contributed by atoms with Crippen molar-refractivity contribution in [3.63, 3.8) is 0 Å². The number of thiophene rings is 1. The van der Waals surface area contributed by atoms with Crippen LogP contribution in [0.5, 0.6) is 0 Å². The fourth-order valence-electron chi connectivity index (χ4n) is 4.35. The molecule has 2 heterocycles. The largest absolute Gasteiger partial charge is 0.331 e. The molecule has 1 aromatic rings. The summed E-state index contributed by atoms with van der Waals surface area (Å²) in [4.78, 5) is 1.41. The molecule has 0 spiro atoms. The molecule has 1 aromatic heterocycles. The summed E-state index contributed by atoms with van der Waals surface area (Å²) in [5.41, 5.74) is 0.239. The predicted molar refractivity (Wildman–Crippen MR) is 95.0 cm³/mol. The third kappa shape index (κ3) is 2.57. The summed E-state index contributed by atoms with van der Waals surface area (Å²) < 4.78 is 0. The molecule has 1 aliphatic heterocycles. The normalized spacial score (nSPS) is 30.3. The van der Waals surface area contributed by atoms with Crippen LogP contribution in [0, 0.1) is 56.7 Å². The van der Waals surface area contributed by atoms with E-state index in [0.717, 1.165) is 37.2 Å². The summed E-state index contributed by atoms with van der Waals surface area (Å²) in [6.45, 7) is 4.81. The molecule has 1 aliphatic carbocycles. The molecule has 25 heavy (non-hydrogen) atoms. The van der Waals surface area contributed by atoms with Crippen molar-refractivity contribution >= 4 is 17.0 Å². The second-order valence-corrected chi connectivity index (χ2v) is 7.54. The number of rotatable bonds is 3. The number of hydrogen-bond donors (Lipinski definition) is 2. The van der Waals surface area contributed by atoms with E-state index in [-0.39, 0.29) is 17.5 Å². The van der Waals surface area contributed by atoms with Gasteiger partial charge in [-0.1, -0.05) is 6.92 Å². The van der Waals surface area contributed by atoms with Crippen LogP contribution in [-0.2, 0) is 0 Å². The summed E-state index contributed by atoms with van der Waals surface area (Å²) >= 11 is 1.53. The molecular weight excluding hydrogens is 330 g/mol. The lowest BCUT2D eigenvalue weighted by Gasteiger charge is -2.46. The van der Waals surface area contributed by atoms with Crippen molar-refractivity contribution in [1.29, 1.82) is 21.2 Å². The Balaban J connectivity index is 2.18. The standard InChI is InChI=1S/C19H19N5S/c1-2-5-24-6-3-14-15(8-20)18(23)19(11-21,12-22)17(16(14)9-24)13-4-7-25-10-13/h3-4,7,10,15-17,23H,2,5-6,9H2,1H3/p+1/t15?,16-,17-/m0/s1. The van der Waals surface area contributed by atoms with Gasteiger partial charge in [0.25, 0.3) is 0 Å². The molecule has 5 nitrogen and oxygen atoms in total. The average Bonchev–Trinajstić information content (AvgIpc) is 3.15. The van der Waals surface area contributed by atoms with E-state index in [4.69, 9.17) is 5.41 Å². The van der Waals surface area contributed by atoms with Gasteiger partial charge in [0.05, 0.1) is 43.6 Å². The first-order valence-electron chi connectivity index (χ1n) is 8.49. The number of nitriles is 3. The number of quaternary nitrogens is 1.